The zero-order chi connectivity index (χ0) is 43.6. The van der Waals surface area contributed by atoms with Crippen LogP contribution in [0.1, 0.15) is 36.1 Å². The maximum Gasteiger partial charge on any atom is 0.123 e. The summed E-state index contributed by atoms with van der Waals surface area (Å²) in [7, 11) is 0. The molecule has 0 saturated heterocycles. The van der Waals surface area contributed by atoms with Crippen LogP contribution in [-0.2, 0) is 5.41 Å². The van der Waals surface area contributed by atoms with E-state index in [4.69, 9.17) is 0 Å². The van der Waals surface area contributed by atoms with Crippen LogP contribution in [0, 0.1) is 5.82 Å². The molecule has 1 nitrogen and oxygen atoms in total. The third kappa shape index (κ3) is 6.52. The van der Waals surface area contributed by atoms with Crippen LogP contribution in [-0.4, -0.2) is 0 Å². The lowest BCUT2D eigenvalue weighted by Crippen LogP contribution is -2.16. The van der Waals surface area contributed by atoms with E-state index in [0.29, 0.717) is 0 Å². The Morgan fingerprint density at radius 1 is 0.369 bits per heavy atom. The van der Waals surface area contributed by atoms with Crippen molar-refractivity contribution >= 4 is 72.3 Å². The van der Waals surface area contributed by atoms with Gasteiger partial charge in [-0.2, -0.15) is 0 Å². The van der Waals surface area contributed by atoms with Crippen molar-refractivity contribution in [3.05, 3.63) is 246 Å². The normalized spacial score (nSPS) is 12.9. The van der Waals surface area contributed by atoms with Gasteiger partial charge in [0.2, 0.25) is 0 Å². The molecule has 0 N–H and O–H groups in total. The van der Waals surface area contributed by atoms with Gasteiger partial charge < -0.3 is 4.90 Å². The third-order valence-electron chi connectivity index (χ3n) is 13.7. The number of rotatable bonds is 7. The first-order valence-corrected chi connectivity index (χ1v) is 22.4. The lowest BCUT2D eigenvalue weighted by molar-refractivity contribution is 0.628. The molecule has 0 bridgehead atoms. The first-order valence-electron chi connectivity index (χ1n) is 22.4. The molecule has 2 heteroatoms. The molecule has 308 valence electrons. The number of benzene rings is 11. The number of halogens is 1. The Hall–Kier alpha value is -8.07. The van der Waals surface area contributed by atoms with Gasteiger partial charge in [0, 0.05) is 22.5 Å². The van der Waals surface area contributed by atoms with Crippen molar-refractivity contribution in [1.29, 1.82) is 0 Å². The summed E-state index contributed by atoms with van der Waals surface area (Å²) in [4.78, 5) is 2.23. The van der Waals surface area contributed by atoms with Gasteiger partial charge in [-0.3, -0.25) is 0 Å². The summed E-state index contributed by atoms with van der Waals surface area (Å²) in [5, 5.41) is 9.88. The smallest absolute Gasteiger partial charge is 0.123 e. The van der Waals surface area contributed by atoms with Gasteiger partial charge in [0.1, 0.15) is 5.82 Å². The van der Waals surface area contributed by atoms with E-state index in [1.54, 1.807) is 0 Å². The molecule has 0 spiro atoms. The fraction of sp³-hybridized carbons (Fsp3) is 0.0476. The largest absolute Gasteiger partial charge is 0.310 e. The van der Waals surface area contributed by atoms with Gasteiger partial charge >= 0.3 is 0 Å². The molecule has 0 aromatic heterocycles. The standard InChI is InChI=1S/C63H44FN/c1-63(2)59-38-42(26-36-52(59)53-37-35-50(40-60(53)63)65(48-33-30-47(64)31-34-48)49-32-29-43-12-3-4-14-46(43)39-49)23-22-41-24-27-45(28-25-41)61-55-17-7-9-19-57(55)62(58-20-10-8-18-56(58)61)54-21-11-15-44-13-5-6-16-51(44)54/h3-40H,1-2H3. The molecule has 0 amide bonds. The highest BCUT2D eigenvalue weighted by molar-refractivity contribution is 6.23. The number of fused-ring (bicyclic) bond motifs is 7. The Bertz CT molecular complexity index is 3630. The van der Waals surface area contributed by atoms with E-state index < -0.39 is 0 Å². The molecule has 1 aliphatic rings. The number of hydrogen-bond donors (Lipinski definition) is 0. The van der Waals surface area contributed by atoms with Gasteiger partial charge in [0.05, 0.1) is 0 Å². The van der Waals surface area contributed by atoms with Crippen LogP contribution in [0.25, 0.3) is 88.6 Å². The zero-order valence-corrected chi connectivity index (χ0v) is 36.3. The minimum atomic E-state index is -0.249. The van der Waals surface area contributed by atoms with Crippen molar-refractivity contribution < 1.29 is 4.39 Å². The summed E-state index contributed by atoms with van der Waals surface area (Å²) in [5.41, 5.74) is 15.2. The summed E-state index contributed by atoms with van der Waals surface area (Å²) < 4.78 is 14.2. The highest BCUT2D eigenvalue weighted by Gasteiger charge is 2.36. The van der Waals surface area contributed by atoms with Crippen LogP contribution in [0.2, 0.25) is 0 Å². The predicted molar refractivity (Wildman–Crippen MR) is 275 cm³/mol. The molecule has 0 heterocycles. The number of hydrogen-bond acceptors (Lipinski definition) is 1. The van der Waals surface area contributed by atoms with E-state index in [9.17, 15) is 4.39 Å². The summed E-state index contributed by atoms with van der Waals surface area (Å²) >= 11 is 0. The second-order valence-corrected chi connectivity index (χ2v) is 17.8. The Kier molecular flexibility index (Phi) is 9.10. The molecule has 0 radical (unpaired) electrons. The monoisotopic (exact) mass is 833 g/mol. The molecule has 11 aromatic rings. The highest BCUT2D eigenvalue weighted by atomic mass is 19.1. The first kappa shape index (κ1) is 38.6. The lowest BCUT2D eigenvalue weighted by atomic mass is 9.81. The molecule has 0 atom stereocenters. The molecular formula is C63H44FN. The molecular weight excluding hydrogens is 790 g/mol. The van der Waals surface area contributed by atoms with Crippen LogP contribution < -0.4 is 4.90 Å². The molecule has 0 fully saturated rings. The number of nitrogens with zero attached hydrogens (tertiary/aromatic N) is 1. The Morgan fingerprint density at radius 3 is 1.58 bits per heavy atom. The van der Waals surface area contributed by atoms with E-state index in [1.165, 1.54) is 99.9 Å². The van der Waals surface area contributed by atoms with Crippen molar-refractivity contribution in [3.8, 4) is 33.4 Å². The quantitative estimate of drug-likeness (QED) is 0.114. The van der Waals surface area contributed by atoms with Crippen LogP contribution >= 0.6 is 0 Å². The summed E-state index contributed by atoms with van der Waals surface area (Å²) in [6, 6.07) is 77.5. The summed E-state index contributed by atoms with van der Waals surface area (Å²) in [6.07, 6.45) is 4.46. The maximum absolute atomic E-state index is 14.2. The Labute approximate surface area is 379 Å². The van der Waals surface area contributed by atoms with Gasteiger partial charge in [0.15, 0.2) is 0 Å². The average molecular weight is 834 g/mol. The molecule has 11 aromatic carbocycles. The minimum absolute atomic E-state index is 0.237. The van der Waals surface area contributed by atoms with Crippen molar-refractivity contribution in [3.63, 3.8) is 0 Å². The van der Waals surface area contributed by atoms with Gasteiger partial charge in [-0.1, -0.05) is 196 Å². The van der Waals surface area contributed by atoms with Gasteiger partial charge in [0.25, 0.3) is 0 Å². The van der Waals surface area contributed by atoms with E-state index in [2.05, 4.69) is 225 Å². The second kappa shape index (κ2) is 15.3. The van der Waals surface area contributed by atoms with Crippen LogP contribution in [0.5, 0.6) is 0 Å². The second-order valence-electron chi connectivity index (χ2n) is 17.8. The average Bonchev–Trinajstić information content (AvgIpc) is 3.57. The molecule has 65 heavy (non-hydrogen) atoms. The molecule has 12 rings (SSSR count). The Morgan fingerprint density at radius 2 is 0.877 bits per heavy atom. The summed E-state index contributed by atoms with van der Waals surface area (Å²) in [6.45, 7) is 4.65. The first-order chi connectivity index (χ1) is 31.9. The molecule has 0 aliphatic heterocycles. The topological polar surface area (TPSA) is 3.24 Å². The van der Waals surface area contributed by atoms with Crippen LogP contribution in [0.15, 0.2) is 218 Å². The van der Waals surface area contributed by atoms with E-state index >= 15 is 0 Å². The summed E-state index contributed by atoms with van der Waals surface area (Å²) in [5.74, 6) is -0.249. The highest BCUT2D eigenvalue weighted by Crippen LogP contribution is 2.51. The fourth-order valence-electron chi connectivity index (χ4n) is 10.5. The van der Waals surface area contributed by atoms with Crippen molar-refractivity contribution in [2.24, 2.45) is 0 Å². The van der Waals surface area contributed by atoms with Crippen LogP contribution in [0.3, 0.4) is 0 Å². The predicted octanol–water partition coefficient (Wildman–Crippen LogP) is 17.7. The number of anilines is 3. The van der Waals surface area contributed by atoms with E-state index in [0.717, 1.165) is 28.0 Å². The third-order valence-corrected chi connectivity index (χ3v) is 13.7. The molecule has 1 aliphatic carbocycles. The fourth-order valence-corrected chi connectivity index (χ4v) is 10.5. The Balaban J connectivity index is 0.868. The SMILES string of the molecule is CC1(C)c2cc(C=Cc3ccc(-c4c5ccccc5c(-c5cccc6ccccc56)c5ccccc45)cc3)ccc2-c2ccc(N(c3ccc(F)cc3)c3ccc4ccccc4c3)cc21. The lowest BCUT2D eigenvalue weighted by Gasteiger charge is -2.28. The molecule has 0 unspecified atom stereocenters. The maximum atomic E-state index is 14.2. The minimum Gasteiger partial charge on any atom is -0.310 e. The van der Waals surface area contributed by atoms with Gasteiger partial charge in [-0.25, -0.2) is 4.39 Å². The van der Waals surface area contributed by atoms with Crippen molar-refractivity contribution in [2.45, 2.75) is 19.3 Å². The van der Waals surface area contributed by atoms with Crippen molar-refractivity contribution in [1.82, 2.24) is 0 Å². The van der Waals surface area contributed by atoms with Gasteiger partial charge in [-0.05, 0) is 147 Å². The zero-order valence-electron chi connectivity index (χ0n) is 36.3. The van der Waals surface area contributed by atoms with Gasteiger partial charge in [-0.15, -0.1) is 0 Å². The molecule has 0 saturated carbocycles. The van der Waals surface area contributed by atoms with E-state index in [-0.39, 0.29) is 11.2 Å². The van der Waals surface area contributed by atoms with E-state index in [1.807, 2.05) is 12.1 Å². The van der Waals surface area contributed by atoms with Crippen LogP contribution in [0.4, 0.5) is 21.5 Å². The van der Waals surface area contributed by atoms with Crippen molar-refractivity contribution in [2.75, 3.05) is 4.90 Å².